The minimum atomic E-state index is 1.29. The summed E-state index contributed by atoms with van der Waals surface area (Å²) in [6.07, 6.45) is 0. The molecule has 0 aliphatic heterocycles. The van der Waals surface area contributed by atoms with Gasteiger partial charge in [0.25, 0.3) is 0 Å². The maximum atomic E-state index is 2.31. The van der Waals surface area contributed by atoms with E-state index in [9.17, 15) is 0 Å². The minimum absolute atomic E-state index is 1.29. The van der Waals surface area contributed by atoms with Gasteiger partial charge >= 0.3 is 0 Å². The highest BCUT2D eigenvalue weighted by Crippen LogP contribution is 2.45. The Labute approximate surface area is 174 Å². The Morgan fingerprint density at radius 2 is 0.600 bits per heavy atom. The Morgan fingerprint density at radius 1 is 0.233 bits per heavy atom. The Hall–Kier alpha value is -3.90. The highest BCUT2D eigenvalue weighted by Gasteiger charge is 2.16. The van der Waals surface area contributed by atoms with E-state index in [2.05, 4.69) is 109 Å². The third-order valence-electron chi connectivity index (χ3n) is 6.60. The van der Waals surface area contributed by atoms with E-state index < -0.39 is 0 Å². The lowest BCUT2D eigenvalue weighted by atomic mass is 9.85. The summed E-state index contributed by atoms with van der Waals surface area (Å²) in [6, 6.07) is 40.0. The Kier molecular flexibility index (Phi) is 3.09. The SMILES string of the molecule is c1ccc2c(c1)ccc1c3ccccc3c3c4ccccc4c4ccccc4c3c21. The van der Waals surface area contributed by atoms with Gasteiger partial charge in [-0.3, -0.25) is 0 Å². The van der Waals surface area contributed by atoms with Crippen LogP contribution in [-0.4, -0.2) is 0 Å². The van der Waals surface area contributed by atoms with Gasteiger partial charge in [-0.25, -0.2) is 0 Å². The quantitative estimate of drug-likeness (QED) is 0.232. The lowest BCUT2D eigenvalue weighted by molar-refractivity contribution is 1.78. The lowest BCUT2D eigenvalue weighted by Crippen LogP contribution is -1.89. The van der Waals surface area contributed by atoms with Gasteiger partial charge in [-0.1, -0.05) is 109 Å². The highest BCUT2D eigenvalue weighted by molar-refractivity contribution is 6.42. The molecule has 138 valence electrons. The van der Waals surface area contributed by atoms with Crippen LogP contribution < -0.4 is 0 Å². The molecule has 0 aromatic heterocycles. The second kappa shape index (κ2) is 5.81. The summed E-state index contributed by atoms with van der Waals surface area (Å²) >= 11 is 0. The van der Waals surface area contributed by atoms with Crippen LogP contribution in [0.5, 0.6) is 0 Å². The van der Waals surface area contributed by atoms with Crippen molar-refractivity contribution in [3.05, 3.63) is 109 Å². The standard InChI is InChI=1S/C30H18/c1-2-10-20-19(9-1)17-18-27-23-13-5-7-15-25(23)29-24-14-6-3-11-21(24)22-12-4-8-16-26(22)30(29)28(20)27/h1-18H. The van der Waals surface area contributed by atoms with Gasteiger partial charge in [0.15, 0.2) is 0 Å². The first-order valence-corrected chi connectivity index (χ1v) is 10.5. The number of benzene rings is 7. The van der Waals surface area contributed by atoms with E-state index >= 15 is 0 Å². The highest BCUT2D eigenvalue weighted by atomic mass is 14.2. The van der Waals surface area contributed by atoms with Gasteiger partial charge in [0, 0.05) is 0 Å². The fourth-order valence-electron chi connectivity index (χ4n) is 5.38. The molecular weight excluding hydrogens is 360 g/mol. The Bertz CT molecular complexity index is 1740. The van der Waals surface area contributed by atoms with Crippen LogP contribution in [0.3, 0.4) is 0 Å². The fraction of sp³-hybridized carbons (Fsp3) is 0. The second-order valence-electron chi connectivity index (χ2n) is 8.10. The third-order valence-corrected chi connectivity index (χ3v) is 6.60. The molecule has 0 heteroatoms. The van der Waals surface area contributed by atoms with Crippen molar-refractivity contribution in [2.75, 3.05) is 0 Å². The molecule has 0 heterocycles. The molecule has 0 bridgehead atoms. The average Bonchev–Trinajstić information content (AvgIpc) is 2.83. The van der Waals surface area contributed by atoms with E-state index in [1.54, 1.807) is 0 Å². The van der Waals surface area contributed by atoms with Crippen molar-refractivity contribution < 1.29 is 0 Å². The van der Waals surface area contributed by atoms with Crippen molar-refractivity contribution in [3.63, 3.8) is 0 Å². The predicted molar refractivity (Wildman–Crippen MR) is 131 cm³/mol. The molecule has 0 saturated carbocycles. The molecule has 0 saturated heterocycles. The van der Waals surface area contributed by atoms with Gasteiger partial charge in [0.2, 0.25) is 0 Å². The molecule has 0 radical (unpaired) electrons. The number of hydrogen-bond acceptors (Lipinski definition) is 0. The number of rotatable bonds is 0. The van der Waals surface area contributed by atoms with Crippen LogP contribution in [0.4, 0.5) is 0 Å². The normalized spacial score (nSPS) is 12.0. The van der Waals surface area contributed by atoms with Crippen molar-refractivity contribution >= 4 is 64.6 Å². The first kappa shape index (κ1) is 16.0. The summed E-state index contributed by atoms with van der Waals surface area (Å²) in [5.41, 5.74) is 0. The van der Waals surface area contributed by atoms with Crippen LogP contribution in [0.1, 0.15) is 0 Å². The predicted octanol–water partition coefficient (Wildman–Crippen LogP) is 8.61. The molecule has 7 rings (SSSR count). The molecule has 30 heavy (non-hydrogen) atoms. The minimum Gasteiger partial charge on any atom is -0.0616 e. The van der Waals surface area contributed by atoms with E-state index in [0.29, 0.717) is 0 Å². The van der Waals surface area contributed by atoms with Crippen LogP contribution in [0, 0.1) is 0 Å². The smallest absolute Gasteiger partial charge is 0.000764 e. The fourth-order valence-corrected chi connectivity index (χ4v) is 5.38. The van der Waals surface area contributed by atoms with Gasteiger partial charge in [0.1, 0.15) is 0 Å². The van der Waals surface area contributed by atoms with E-state index in [0.717, 1.165) is 0 Å². The first-order valence-electron chi connectivity index (χ1n) is 10.5. The molecule has 7 aromatic carbocycles. The average molecular weight is 378 g/mol. The summed E-state index contributed by atoms with van der Waals surface area (Å²) in [7, 11) is 0. The summed E-state index contributed by atoms with van der Waals surface area (Å²) < 4.78 is 0. The zero-order chi connectivity index (χ0) is 19.7. The van der Waals surface area contributed by atoms with Gasteiger partial charge in [-0.05, 0) is 64.6 Å². The molecule has 0 nitrogen and oxygen atoms in total. The second-order valence-corrected chi connectivity index (χ2v) is 8.10. The molecule has 0 atom stereocenters. The van der Waals surface area contributed by atoms with Crippen molar-refractivity contribution in [3.8, 4) is 0 Å². The van der Waals surface area contributed by atoms with Crippen LogP contribution in [-0.2, 0) is 0 Å². The van der Waals surface area contributed by atoms with Gasteiger partial charge in [-0.2, -0.15) is 0 Å². The first-order chi connectivity index (χ1) is 14.9. The number of fused-ring (bicyclic) bond motifs is 13. The molecule has 0 aliphatic carbocycles. The maximum absolute atomic E-state index is 2.31. The largest absolute Gasteiger partial charge is 0.0616 e. The van der Waals surface area contributed by atoms with Crippen molar-refractivity contribution in [1.29, 1.82) is 0 Å². The van der Waals surface area contributed by atoms with Crippen LogP contribution in [0.2, 0.25) is 0 Å². The van der Waals surface area contributed by atoms with Crippen LogP contribution >= 0.6 is 0 Å². The summed E-state index contributed by atoms with van der Waals surface area (Å²) in [5, 5.41) is 16.0. The molecule has 7 aromatic rings. The van der Waals surface area contributed by atoms with Crippen molar-refractivity contribution in [2.45, 2.75) is 0 Å². The van der Waals surface area contributed by atoms with Crippen LogP contribution in [0.15, 0.2) is 109 Å². The van der Waals surface area contributed by atoms with E-state index in [1.807, 2.05) is 0 Å². The monoisotopic (exact) mass is 378 g/mol. The molecule has 0 unspecified atom stereocenters. The van der Waals surface area contributed by atoms with Gasteiger partial charge in [0.05, 0.1) is 0 Å². The van der Waals surface area contributed by atoms with Gasteiger partial charge in [-0.15, -0.1) is 0 Å². The zero-order valence-corrected chi connectivity index (χ0v) is 16.4. The molecule has 0 fully saturated rings. The third kappa shape index (κ3) is 1.96. The Morgan fingerprint density at radius 3 is 1.20 bits per heavy atom. The van der Waals surface area contributed by atoms with Crippen molar-refractivity contribution in [2.24, 2.45) is 0 Å². The summed E-state index contributed by atoms with van der Waals surface area (Å²) in [5.74, 6) is 0. The molecule has 0 aliphatic rings. The summed E-state index contributed by atoms with van der Waals surface area (Å²) in [4.78, 5) is 0. The Balaban J connectivity index is 2.00. The van der Waals surface area contributed by atoms with Crippen molar-refractivity contribution in [1.82, 2.24) is 0 Å². The number of hydrogen-bond donors (Lipinski definition) is 0. The van der Waals surface area contributed by atoms with E-state index in [1.165, 1.54) is 64.6 Å². The van der Waals surface area contributed by atoms with Gasteiger partial charge < -0.3 is 0 Å². The van der Waals surface area contributed by atoms with E-state index in [4.69, 9.17) is 0 Å². The molecule has 0 N–H and O–H groups in total. The molecule has 0 spiro atoms. The molecular formula is C30H18. The topological polar surface area (TPSA) is 0 Å². The van der Waals surface area contributed by atoms with E-state index in [-0.39, 0.29) is 0 Å². The maximum Gasteiger partial charge on any atom is -0.000764 e. The molecule has 0 amide bonds. The van der Waals surface area contributed by atoms with Crippen LogP contribution in [0.25, 0.3) is 64.6 Å². The summed E-state index contributed by atoms with van der Waals surface area (Å²) in [6.45, 7) is 0. The lowest BCUT2D eigenvalue weighted by Gasteiger charge is -2.17. The zero-order valence-electron chi connectivity index (χ0n) is 16.4.